The summed E-state index contributed by atoms with van der Waals surface area (Å²) in [6, 6.07) is 17.6. The molecule has 0 aromatic heterocycles. The lowest BCUT2D eigenvalue weighted by molar-refractivity contribution is 1.14. The smallest absolute Gasteiger partial charge is 0.00819 e. The van der Waals surface area contributed by atoms with E-state index in [2.05, 4.69) is 61.5 Å². The third-order valence-electron chi connectivity index (χ3n) is 3.48. The number of fused-ring (bicyclic) bond motifs is 1. The lowest BCUT2D eigenvalue weighted by Gasteiger charge is -2.07. The van der Waals surface area contributed by atoms with Crippen molar-refractivity contribution in [2.75, 3.05) is 0 Å². The van der Waals surface area contributed by atoms with Crippen molar-refractivity contribution < 1.29 is 0 Å². The minimum atomic E-state index is 1.07. The molecule has 0 bridgehead atoms. The van der Waals surface area contributed by atoms with E-state index in [4.69, 9.17) is 0 Å². The molecule has 0 fully saturated rings. The van der Waals surface area contributed by atoms with Crippen LogP contribution in [0.15, 0.2) is 54.6 Å². The first-order valence-electron chi connectivity index (χ1n) is 6.26. The lowest BCUT2D eigenvalue weighted by atomic mass is 9.97. The maximum atomic E-state index is 2.35. The molecule has 0 amide bonds. The van der Waals surface area contributed by atoms with Crippen LogP contribution in [-0.2, 0) is 12.8 Å². The highest BCUT2D eigenvalue weighted by molar-refractivity contribution is 5.84. The van der Waals surface area contributed by atoms with Gasteiger partial charge in [0, 0.05) is 0 Å². The van der Waals surface area contributed by atoms with Crippen LogP contribution >= 0.6 is 0 Å². The van der Waals surface area contributed by atoms with Crippen molar-refractivity contribution in [2.45, 2.75) is 19.8 Å². The predicted octanol–water partition coefficient (Wildman–Crippen LogP) is 4.24. The van der Waals surface area contributed by atoms with E-state index < -0.39 is 0 Å². The Balaban J connectivity index is 2.06. The van der Waals surface area contributed by atoms with Gasteiger partial charge in [0.2, 0.25) is 0 Å². The Kier molecular flexibility index (Phi) is 2.56. The molecule has 0 heterocycles. The standard InChI is InChI=1S/C17H16/c1-2-13-6-5-8-15(12-13)17-11-10-14-7-3-4-9-16(14)17/h3-9,11-12H,2,10H2,1H3. The summed E-state index contributed by atoms with van der Waals surface area (Å²) >= 11 is 0. The molecule has 0 N–H and O–H groups in total. The molecule has 0 nitrogen and oxygen atoms in total. The summed E-state index contributed by atoms with van der Waals surface area (Å²) in [5.41, 5.74) is 7.02. The largest absolute Gasteiger partial charge is 0.0716 e. The Hall–Kier alpha value is -1.82. The zero-order valence-corrected chi connectivity index (χ0v) is 10.1. The zero-order chi connectivity index (χ0) is 11.7. The number of aryl methyl sites for hydroxylation is 1. The summed E-state index contributed by atoms with van der Waals surface area (Å²) in [7, 11) is 0. The average molecular weight is 220 g/mol. The number of allylic oxidation sites excluding steroid dienone is 1. The summed E-state index contributed by atoms with van der Waals surface area (Å²) in [4.78, 5) is 0. The Morgan fingerprint density at radius 2 is 1.88 bits per heavy atom. The van der Waals surface area contributed by atoms with E-state index >= 15 is 0 Å². The molecule has 84 valence electrons. The fourth-order valence-electron chi connectivity index (χ4n) is 2.52. The van der Waals surface area contributed by atoms with Crippen LogP contribution in [0.1, 0.15) is 29.2 Å². The van der Waals surface area contributed by atoms with Gasteiger partial charge in [-0.05, 0) is 40.7 Å². The maximum absolute atomic E-state index is 2.35. The average Bonchev–Trinajstić information content (AvgIpc) is 2.82. The van der Waals surface area contributed by atoms with E-state index in [1.54, 1.807) is 0 Å². The van der Waals surface area contributed by atoms with E-state index in [1.165, 1.54) is 27.8 Å². The Morgan fingerprint density at radius 1 is 1.00 bits per heavy atom. The molecule has 0 spiro atoms. The first kappa shape index (κ1) is 10.3. The zero-order valence-electron chi connectivity index (χ0n) is 10.1. The van der Waals surface area contributed by atoms with Crippen molar-refractivity contribution in [3.05, 3.63) is 76.9 Å². The summed E-state index contributed by atoms with van der Waals surface area (Å²) in [5, 5.41) is 0. The Bertz CT molecular complexity index is 576. The van der Waals surface area contributed by atoms with E-state index in [0.717, 1.165) is 12.8 Å². The van der Waals surface area contributed by atoms with Gasteiger partial charge in [-0.3, -0.25) is 0 Å². The molecule has 0 atom stereocenters. The summed E-state index contributed by atoms with van der Waals surface area (Å²) < 4.78 is 0. The van der Waals surface area contributed by atoms with Crippen molar-refractivity contribution in [1.29, 1.82) is 0 Å². The highest BCUT2D eigenvalue weighted by atomic mass is 14.2. The second kappa shape index (κ2) is 4.21. The quantitative estimate of drug-likeness (QED) is 0.710. The van der Waals surface area contributed by atoms with Crippen LogP contribution < -0.4 is 0 Å². The van der Waals surface area contributed by atoms with Crippen LogP contribution in [0, 0.1) is 0 Å². The monoisotopic (exact) mass is 220 g/mol. The van der Waals surface area contributed by atoms with E-state index in [0.29, 0.717) is 0 Å². The van der Waals surface area contributed by atoms with Gasteiger partial charge in [-0.25, -0.2) is 0 Å². The third kappa shape index (κ3) is 1.80. The van der Waals surface area contributed by atoms with Gasteiger partial charge in [-0.1, -0.05) is 61.5 Å². The molecular weight excluding hydrogens is 204 g/mol. The van der Waals surface area contributed by atoms with Gasteiger partial charge in [-0.2, -0.15) is 0 Å². The maximum Gasteiger partial charge on any atom is -0.00819 e. The van der Waals surface area contributed by atoms with Crippen molar-refractivity contribution >= 4 is 5.57 Å². The van der Waals surface area contributed by atoms with Gasteiger partial charge >= 0.3 is 0 Å². The van der Waals surface area contributed by atoms with Crippen LogP contribution in [-0.4, -0.2) is 0 Å². The second-order valence-corrected chi connectivity index (χ2v) is 4.53. The van der Waals surface area contributed by atoms with Crippen LogP contribution in [0.2, 0.25) is 0 Å². The van der Waals surface area contributed by atoms with Crippen LogP contribution in [0.3, 0.4) is 0 Å². The highest BCUT2D eigenvalue weighted by Gasteiger charge is 2.14. The van der Waals surface area contributed by atoms with Crippen molar-refractivity contribution in [2.24, 2.45) is 0 Å². The first-order valence-corrected chi connectivity index (χ1v) is 6.26. The number of rotatable bonds is 2. The molecular formula is C17H16. The topological polar surface area (TPSA) is 0 Å². The molecule has 0 unspecified atom stereocenters. The first-order chi connectivity index (χ1) is 8.38. The molecule has 2 aromatic rings. The molecule has 1 aliphatic rings. The molecule has 0 saturated heterocycles. The minimum Gasteiger partial charge on any atom is -0.0716 e. The van der Waals surface area contributed by atoms with E-state index in [-0.39, 0.29) is 0 Å². The van der Waals surface area contributed by atoms with Gasteiger partial charge in [0.1, 0.15) is 0 Å². The van der Waals surface area contributed by atoms with Crippen LogP contribution in [0.25, 0.3) is 5.57 Å². The van der Waals surface area contributed by atoms with Gasteiger partial charge in [-0.15, -0.1) is 0 Å². The molecule has 0 saturated carbocycles. The molecule has 0 radical (unpaired) electrons. The highest BCUT2D eigenvalue weighted by Crippen LogP contribution is 2.32. The third-order valence-corrected chi connectivity index (χ3v) is 3.48. The van der Waals surface area contributed by atoms with Gasteiger partial charge in [0.25, 0.3) is 0 Å². The Morgan fingerprint density at radius 3 is 2.76 bits per heavy atom. The van der Waals surface area contributed by atoms with Crippen molar-refractivity contribution in [1.82, 2.24) is 0 Å². The number of hydrogen-bond acceptors (Lipinski definition) is 0. The van der Waals surface area contributed by atoms with Crippen molar-refractivity contribution in [3.63, 3.8) is 0 Å². The molecule has 0 heteroatoms. The minimum absolute atomic E-state index is 1.07. The molecule has 3 rings (SSSR count). The van der Waals surface area contributed by atoms with E-state index in [1.807, 2.05) is 0 Å². The summed E-state index contributed by atoms with van der Waals surface area (Å²) in [6.07, 6.45) is 4.52. The fourth-order valence-corrected chi connectivity index (χ4v) is 2.52. The SMILES string of the molecule is CCc1cccc(C2=CCc3ccccc32)c1. The predicted molar refractivity (Wildman–Crippen MR) is 73.0 cm³/mol. The van der Waals surface area contributed by atoms with Gasteiger partial charge < -0.3 is 0 Å². The van der Waals surface area contributed by atoms with Gasteiger partial charge in [0.05, 0.1) is 0 Å². The van der Waals surface area contributed by atoms with Crippen LogP contribution in [0.5, 0.6) is 0 Å². The van der Waals surface area contributed by atoms with E-state index in [9.17, 15) is 0 Å². The summed E-state index contributed by atoms with van der Waals surface area (Å²) in [6.45, 7) is 2.20. The normalized spacial score (nSPS) is 13.4. The van der Waals surface area contributed by atoms with Gasteiger partial charge in [0.15, 0.2) is 0 Å². The number of hydrogen-bond donors (Lipinski definition) is 0. The van der Waals surface area contributed by atoms with Crippen molar-refractivity contribution in [3.8, 4) is 0 Å². The lowest BCUT2D eigenvalue weighted by Crippen LogP contribution is -1.88. The second-order valence-electron chi connectivity index (χ2n) is 4.53. The molecule has 1 aliphatic carbocycles. The molecule has 17 heavy (non-hydrogen) atoms. The fraction of sp³-hybridized carbons (Fsp3) is 0.176. The molecule has 2 aromatic carbocycles. The molecule has 0 aliphatic heterocycles. The van der Waals surface area contributed by atoms with Crippen LogP contribution in [0.4, 0.5) is 0 Å². The Labute approximate surface area is 103 Å². The number of benzene rings is 2. The summed E-state index contributed by atoms with van der Waals surface area (Å²) in [5.74, 6) is 0.